The van der Waals surface area contributed by atoms with E-state index in [0.29, 0.717) is 72.7 Å². The van der Waals surface area contributed by atoms with Crippen molar-refractivity contribution in [3.8, 4) is 17.2 Å². The summed E-state index contributed by atoms with van der Waals surface area (Å²) < 4.78 is 16.5. The van der Waals surface area contributed by atoms with Crippen LogP contribution in [-0.4, -0.2) is 56.0 Å². The maximum atomic E-state index is 13.0. The Balaban J connectivity index is 1.35. The SMILES string of the molecule is COc1cc(Cl)c(C)cc1NC(=O)[C@H](C)N1CCC(C(=O)c2ccc3c(c2)OCCO3)CC1. The van der Waals surface area contributed by atoms with Gasteiger partial charge in [0, 0.05) is 22.6 Å². The summed E-state index contributed by atoms with van der Waals surface area (Å²) in [5, 5.41) is 3.54. The number of fused-ring (bicyclic) bond motifs is 1. The van der Waals surface area contributed by atoms with Crippen molar-refractivity contribution in [2.45, 2.75) is 32.7 Å². The minimum Gasteiger partial charge on any atom is -0.495 e. The summed E-state index contributed by atoms with van der Waals surface area (Å²) in [5.41, 5.74) is 2.10. The molecule has 0 spiro atoms. The lowest BCUT2D eigenvalue weighted by Gasteiger charge is -2.35. The first-order chi connectivity index (χ1) is 15.9. The number of methoxy groups -OCH3 is 1. The molecule has 1 N–H and O–H groups in total. The summed E-state index contributed by atoms with van der Waals surface area (Å²) in [6, 6.07) is 8.56. The molecule has 0 radical (unpaired) electrons. The molecule has 0 bridgehead atoms. The van der Waals surface area contributed by atoms with Crippen molar-refractivity contribution in [3.05, 3.63) is 46.5 Å². The van der Waals surface area contributed by atoms with Gasteiger partial charge in [-0.05, 0) is 69.6 Å². The van der Waals surface area contributed by atoms with Gasteiger partial charge in [-0.3, -0.25) is 14.5 Å². The van der Waals surface area contributed by atoms with E-state index in [0.717, 1.165) is 5.56 Å². The molecule has 2 aromatic carbocycles. The molecule has 4 rings (SSSR count). The second kappa shape index (κ2) is 10.0. The summed E-state index contributed by atoms with van der Waals surface area (Å²) in [6.45, 7) is 6.12. The quantitative estimate of drug-likeness (QED) is 0.630. The lowest BCUT2D eigenvalue weighted by atomic mass is 9.88. The van der Waals surface area contributed by atoms with E-state index in [2.05, 4.69) is 10.2 Å². The van der Waals surface area contributed by atoms with Crippen LogP contribution in [0.3, 0.4) is 0 Å². The molecule has 2 aliphatic heterocycles. The van der Waals surface area contributed by atoms with E-state index in [1.165, 1.54) is 0 Å². The van der Waals surface area contributed by atoms with Gasteiger partial charge < -0.3 is 19.5 Å². The number of halogens is 1. The minimum absolute atomic E-state index is 0.0712. The third-order valence-electron chi connectivity index (χ3n) is 6.39. The monoisotopic (exact) mass is 472 g/mol. The molecule has 7 nitrogen and oxygen atoms in total. The van der Waals surface area contributed by atoms with Gasteiger partial charge in [-0.1, -0.05) is 11.6 Å². The number of likely N-dealkylation sites (tertiary alicyclic amines) is 1. The zero-order valence-corrected chi connectivity index (χ0v) is 19.9. The van der Waals surface area contributed by atoms with Crippen molar-refractivity contribution < 1.29 is 23.8 Å². The number of aryl methyl sites for hydroxylation is 1. The molecule has 0 unspecified atom stereocenters. The largest absolute Gasteiger partial charge is 0.495 e. The van der Waals surface area contributed by atoms with Crippen LogP contribution in [0.1, 0.15) is 35.7 Å². The molecular weight excluding hydrogens is 444 g/mol. The lowest BCUT2D eigenvalue weighted by molar-refractivity contribution is -0.121. The fourth-order valence-electron chi connectivity index (χ4n) is 4.31. The van der Waals surface area contributed by atoms with Crippen LogP contribution in [0, 0.1) is 12.8 Å². The first kappa shape index (κ1) is 23.4. The molecule has 176 valence electrons. The molecule has 2 heterocycles. The van der Waals surface area contributed by atoms with E-state index in [4.69, 9.17) is 25.8 Å². The number of nitrogens with zero attached hydrogens (tertiary/aromatic N) is 1. The standard InChI is InChI=1S/C25H29ClN2O5/c1-15-12-20(22(31-3)14-19(15)26)27-25(30)16(2)28-8-6-17(7-9-28)24(29)18-4-5-21-23(13-18)33-11-10-32-21/h4-5,12-14,16-17H,6-11H2,1-3H3,(H,27,30)/t16-/m0/s1. The zero-order valence-electron chi connectivity index (χ0n) is 19.2. The minimum atomic E-state index is -0.337. The van der Waals surface area contributed by atoms with E-state index in [9.17, 15) is 9.59 Å². The molecule has 2 aromatic rings. The van der Waals surface area contributed by atoms with Gasteiger partial charge in [0.15, 0.2) is 17.3 Å². The Morgan fingerprint density at radius 2 is 1.82 bits per heavy atom. The molecule has 1 amide bonds. The Hall–Kier alpha value is -2.77. The van der Waals surface area contributed by atoms with E-state index < -0.39 is 0 Å². The van der Waals surface area contributed by atoms with Crippen molar-refractivity contribution in [2.24, 2.45) is 5.92 Å². The van der Waals surface area contributed by atoms with Crippen molar-refractivity contribution in [2.75, 3.05) is 38.7 Å². The number of benzene rings is 2. The van der Waals surface area contributed by atoms with Gasteiger partial charge in [0.25, 0.3) is 0 Å². The highest BCUT2D eigenvalue weighted by Crippen LogP contribution is 2.33. The maximum Gasteiger partial charge on any atom is 0.241 e. The molecule has 2 aliphatic rings. The molecular formula is C25H29ClN2O5. The van der Waals surface area contributed by atoms with Gasteiger partial charge in [-0.25, -0.2) is 0 Å². The van der Waals surface area contributed by atoms with Crippen LogP contribution >= 0.6 is 11.6 Å². The van der Waals surface area contributed by atoms with E-state index in [1.54, 1.807) is 31.4 Å². The number of carbonyl (C=O) groups excluding carboxylic acids is 2. The molecule has 0 saturated carbocycles. The summed E-state index contributed by atoms with van der Waals surface area (Å²) in [7, 11) is 1.55. The number of piperidine rings is 1. The van der Waals surface area contributed by atoms with E-state index >= 15 is 0 Å². The van der Waals surface area contributed by atoms with Crippen molar-refractivity contribution in [3.63, 3.8) is 0 Å². The third kappa shape index (κ3) is 5.09. The second-order valence-electron chi connectivity index (χ2n) is 8.50. The van der Waals surface area contributed by atoms with Crippen LogP contribution in [-0.2, 0) is 4.79 Å². The van der Waals surface area contributed by atoms with Crippen molar-refractivity contribution in [1.82, 2.24) is 4.90 Å². The van der Waals surface area contributed by atoms with Gasteiger partial charge in [0.2, 0.25) is 5.91 Å². The van der Waals surface area contributed by atoms with E-state index in [1.807, 2.05) is 19.9 Å². The molecule has 1 atom stereocenters. The van der Waals surface area contributed by atoms with Crippen molar-refractivity contribution in [1.29, 1.82) is 0 Å². The highest BCUT2D eigenvalue weighted by Gasteiger charge is 2.31. The second-order valence-corrected chi connectivity index (χ2v) is 8.91. The number of ether oxygens (including phenoxy) is 3. The van der Waals surface area contributed by atoms with Crippen LogP contribution < -0.4 is 19.5 Å². The Morgan fingerprint density at radius 1 is 1.12 bits per heavy atom. The first-order valence-electron chi connectivity index (χ1n) is 11.2. The van der Waals surface area contributed by atoms with Gasteiger partial charge in [0.05, 0.1) is 18.8 Å². The van der Waals surface area contributed by atoms with Gasteiger partial charge in [-0.2, -0.15) is 0 Å². The predicted molar refractivity (Wildman–Crippen MR) is 127 cm³/mol. The van der Waals surface area contributed by atoms with Gasteiger partial charge in [0.1, 0.15) is 19.0 Å². The molecule has 0 aliphatic carbocycles. The Kier molecular flexibility index (Phi) is 7.10. The Morgan fingerprint density at radius 3 is 2.52 bits per heavy atom. The molecule has 33 heavy (non-hydrogen) atoms. The number of rotatable bonds is 6. The Bertz CT molecular complexity index is 1050. The number of hydrogen-bond donors (Lipinski definition) is 1. The number of carbonyl (C=O) groups is 2. The van der Waals surface area contributed by atoms with E-state index in [-0.39, 0.29) is 23.7 Å². The highest BCUT2D eigenvalue weighted by atomic mass is 35.5. The smallest absolute Gasteiger partial charge is 0.241 e. The van der Waals surface area contributed by atoms with Crippen LogP contribution in [0.2, 0.25) is 5.02 Å². The van der Waals surface area contributed by atoms with Crippen LogP contribution in [0.15, 0.2) is 30.3 Å². The molecule has 1 fully saturated rings. The molecule has 1 saturated heterocycles. The summed E-state index contributed by atoms with van der Waals surface area (Å²) in [5.74, 6) is 1.76. The predicted octanol–water partition coefficient (Wildman–Crippen LogP) is 4.35. The fourth-order valence-corrected chi connectivity index (χ4v) is 4.47. The maximum absolute atomic E-state index is 13.0. The summed E-state index contributed by atoms with van der Waals surface area (Å²) in [6.07, 6.45) is 1.41. The summed E-state index contributed by atoms with van der Waals surface area (Å²) >= 11 is 6.16. The number of Topliss-reactive ketones (excluding diaryl/α,β-unsaturated/α-hetero) is 1. The first-order valence-corrected chi connectivity index (χ1v) is 11.6. The zero-order chi connectivity index (χ0) is 23.5. The topological polar surface area (TPSA) is 77.1 Å². The number of hydrogen-bond acceptors (Lipinski definition) is 6. The number of ketones is 1. The van der Waals surface area contributed by atoms with Crippen LogP contribution in [0.25, 0.3) is 0 Å². The highest BCUT2D eigenvalue weighted by molar-refractivity contribution is 6.31. The third-order valence-corrected chi connectivity index (χ3v) is 6.80. The normalized spacial score (nSPS) is 17.3. The van der Waals surface area contributed by atoms with Crippen LogP contribution in [0.5, 0.6) is 17.2 Å². The number of amides is 1. The number of anilines is 1. The Labute approximate surface area is 198 Å². The summed E-state index contributed by atoms with van der Waals surface area (Å²) in [4.78, 5) is 28.1. The average Bonchev–Trinajstić information content (AvgIpc) is 2.85. The van der Waals surface area contributed by atoms with Crippen molar-refractivity contribution >= 4 is 29.0 Å². The van der Waals surface area contributed by atoms with Crippen LogP contribution in [0.4, 0.5) is 5.69 Å². The average molecular weight is 473 g/mol. The molecule has 8 heteroatoms. The molecule has 0 aromatic heterocycles. The fraction of sp³-hybridized carbons (Fsp3) is 0.440. The van der Waals surface area contributed by atoms with Gasteiger partial charge >= 0.3 is 0 Å². The number of nitrogens with one attached hydrogen (secondary N) is 1. The van der Waals surface area contributed by atoms with Gasteiger partial charge in [-0.15, -0.1) is 0 Å². The lowest BCUT2D eigenvalue weighted by Crippen LogP contribution is -2.47.